The number of nitrogens with zero attached hydrogens (tertiary/aromatic N) is 2. The minimum atomic E-state index is -1.09. The number of aromatic nitrogens is 1. The van der Waals surface area contributed by atoms with E-state index in [2.05, 4.69) is 4.90 Å². The summed E-state index contributed by atoms with van der Waals surface area (Å²) in [6.07, 6.45) is 2.87. The number of nitrogens with two attached hydrogens (primary N) is 1. The first-order valence-corrected chi connectivity index (χ1v) is 8.61. The second-order valence-corrected chi connectivity index (χ2v) is 6.95. The molecule has 25 heavy (non-hydrogen) atoms. The highest BCUT2D eigenvalue weighted by atomic mass is 16.4. The fourth-order valence-corrected chi connectivity index (χ4v) is 3.66. The molecule has 0 atom stereocenters. The average Bonchev–Trinajstić information content (AvgIpc) is 3.40. The number of carboxylic acids is 1. The number of fused-ring (bicyclic) bond motifs is 1. The molecule has 0 radical (unpaired) electrons. The van der Waals surface area contributed by atoms with Crippen molar-refractivity contribution >= 4 is 28.2 Å². The van der Waals surface area contributed by atoms with E-state index in [0.29, 0.717) is 42.5 Å². The monoisotopic (exact) mass is 343 g/mol. The Morgan fingerprint density at radius 1 is 1.12 bits per heavy atom. The zero-order valence-electron chi connectivity index (χ0n) is 13.8. The van der Waals surface area contributed by atoms with Crippen LogP contribution in [0.15, 0.2) is 23.0 Å². The van der Waals surface area contributed by atoms with E-state index >= 15 is 0 Å². The predicted octanol–water partition coefficient (Wildman–Crippen LogP) is 1.58. The van der Waals surface area contributed by atoms with Gasteiger partial charge in [0.2, 0.25) is 0 Å². The van der Waals surface area contributed by atoms with Crippen LogP contribution in [-0.2, 0) is 0 Å². The molecule has 0 amide bonds. The first-order chi connectivity index (χ1) is 12.0. The molecule has 4 rings (SSSR count). The number of hydrogen-bond acceptors (Lipinski definition) is 5. The van der Waals surface area contributed by atoms with Gasteiger partial charge < -0.3 is 25.4 Å². The van der Waals surface area contributed by atoms with E-state index in [4.69, 9.17) is 5.73 Å². The summed E-state index contributed by atoms with van der Waals surface area (Å²) < 4.78 is 1.76. The third-order valence-electron chi connectivity index (χ3n) is 5.13. The fourth-order valence-electron chi connectivity index (χ4n) is 3.66. The smallest absolute Gasteiger partial charge is 0.352 e. The number of nitrogen functional groups attached to an aromatic ring is 1. The van der Waals surface area contributed by atoms with Gasteiger partial charge in [-0.25, -0.2) is 4.79 Å². The molecule has 1 aromatic heterocycles. The van der Waals surface area contributed by atoms with Gasteiger partial charge >= 0.3 is 5.97 Å². The minimum absolute atomic E-state index is 0.0322. The summed E-state index contributed by atoms with van der Waals surface area (Å²) in [4.78, 5) is 26.1. The third kappa shape index (κ3) is 2.74. The van der Waals surface area contributed by atoms with Crippen LogP contribution < -0.4 is 16.1 Å². The Labute approximate surface area is 144 Å². The number of hydrogen-bond donors (Lipinski definition) is 3. The molecule has 2 aliphatic rings. The summed E-state index contributed by atoms with van der Waals surface area (Å²) in [6, 6.07) is 4.81. The van der Waals surface area contributed by atoms with Crippen molar-refractivity contribution < 1.29 is 15.0 Å². The van der Waals surface area contributed by atoms with Crippen LogP contribution in [0, 0.1) is 0 Å². The number of rotatable bonds is 3. The first kappa shape index (κ1) is 16.0. The van der Waals surface area contributed by atoms with Gasteiger partial charge in [-0.1, -0.05) is 0 Å². The van der Waals surface area contributed by atoms with Crippen molar-refractivity contribution in [2.45, 2.75) is 37.8 Å². The number of aromatic carboxylic acids is 1. The van der Waals surface area contributed by atoms with Gasteiger partial charge in [-0.15, -0.1) is 0 Å². The van der Waals surface area contributed by atoms with Gasteiger partial charge in [0.25, 0.3) is 0 Å². The summed E-state index contributed by atoms with van der Waals surface area (Å²) in [7, 11) is 0. The van der Waals surface area contributed by atoms with Gasteiger partial charge in [-0.05, 0) is 37.8 Å². The largest absolute Gasteiger partial charge is 0.477 e. The average molecular weight is 343 g/mol. The standard InChI is InChI=1S/C18H21N3O4/c19-13-7-12-14(8-15(13)20-5-3-11(22)4-6-20)21(10-1-2-10)16(18(24)25)9-17(12)23/h7-11,22H,1-6,19H2,(H,24,25). The van der Waals surface area contributed by atoms with Crippen LogP contribution in [0.3, 0.4) is 0 Å². The molecular weight excluding hydrogens is 322 g/mol. The Hall–Kier alpha value is -2.54. The maximum absolute atomic E-state index is 12.4. The number of pyridine rings is 1. The molecule has 2 aromatic rings. The molecule has 1 aliphatic heterocycles. The highest BCUT2D eigenvalue weighted by molar-refractivity contribution is 5.94. The van der Waals surface area contributed by atoms with Gasteiger partial charge in [0, 0.05) is 30.6 Å². The number of aliphatic hydroxyl groups excluding tert-OH is 1. The van der Waals surface area contributed by atoms with Gasteiger partial charge in [-0.3, -0.25) is 4.79 Å². The lowest BCUT2D eigenvalue weighted by Gasteiger charge is -2.32. The highest BCUT2D eigenvalue weighted by Crippen LogP contribution is 2.40. The molecule has 7 nitrogen and oxygen atoms in total. The number of carbonyl (C=O) groups is 1. The molecule has 2 fully saturated rings. The van der Waals surface area contributed by atoms with Crippen LogP contribution in [0.1, 0.15) is 42.2 Å². The summed E-state index contributed by atoms with van der Waals surface area (Å²) >= 11 is 0. The van der Waals surface area contributed by atoms with Gasteiger partial charge in [0.15, 0.2) is 5.43 Å². The maximum Gasteiger partial charge on any atom is 0.352 e. The molecule has 4 N–H and O–H groups in total. The Morgan fingerprint density at radius 2 is 1.80 bits per heavy atom. The highest BCUT2D eigenvalue weighted by Gasteiger charge is 2.30. The SMILES string of the molecule is Nc1cc2c(=O)cc(C(=O)O)n(C3CC3)c2cc1N1CCC(O)CC1. The van der Waals surface area contributed by atoms with E-state index in [1.54, 1.807) is 10.6 Å². The van der Waals surface area contributed by atoms with Crippen LogP contribution in [-0.4, -0.2) is 39.9 Å². The number of anilines is 2. The summed E-state index contributed by atoms with van der Waals surface area (Å²) in [5, 5.41) is 19.7. The van der Waals surface area contributed by atoms with Gasteiger partial charge in [0.1, 0.15) is 5.69 Å². The Balaban J connectivity index is 1.92. The number of carboxylic acid groups (broad SMARTS) is 1. The number of piperidine rings is 1. The Bertz CT molecular complexity index is 909. The molecular formula is C18H21N3O4. The van der Waals surface area contributed by atoms with Crippen LogP contribution >= 0.6 is 0 Å². The fraction of sp³-hybridized carbons (Fsp3) is 0.444. The van der Waals surface area contributed by atoms with Gasteiger partial charge in [-0.2, -0.15) is 0 Å². The molecule has 1 saturated heterocycles. The van der Waals surface area contributed by atoms with Gasteiger partial charge in [0.05, 0.1) is 23.0 Å². The minimum Gasteiger partial charge on any atom is -0.477 e. The molecule has 2 heterocycles. The lowest BCUT2D eigenvalue weighted by molar-refractivity contribution is 0.0684. The first-order valence-electron chi connectivity index (χ1n) is 8.61. The maximum atomic E-state index is 12.4. The van der Waals surface area contributed by atoms with E-state index in [-0.39, 0.29) is 23.3 Å². The number of benzene rings is 1. The normalized spacial score (nSPS) is 18.7. The Morgan fingerprint density at radius 3 is 2.40 bits per heavy atom. The molecule has 0 spiro atoms. The third-order valence-corrected chi connectivity index (χ3v) is 5.13. The molecule has 0 bridgehead atoms. The molecule has 0 unspecified atom stereocenters. The van der Waals surface area contributed by atoms with Crippen molar-refractivity contribution in [1.29, 1.82) is 0 Å². The number of aliphatic hydroxyl groups is 1. The Kier molecular flexibility index (Phi) is 3.68. The lowest BCUT2D eigenvalue weighted by atomic mass is 10.0. The zero-order chi connectivity index (χ0) is 17.7. The van der Waals surface area contributed by atoms with Crippen molar-refractivity contribution in [2.75, 3.05) is 23.7 Å². The molecule has 1 aliphatic carbocycles. The predicted molar refractivity (Wildman–Crippen MR) is 95.3 cm³/mol. The second kappa shape index (κ2) is 5.77. The van der Waals surface area contributed by atoms with E-state index in [9.17, 15) is 19.8 Å². The van der Waals surface area contributed by atoms with Crippen LogP contribution in [0.5, 0.6) is 0 Å². The molecule has 1 saturated carbocycles. The molecule has 1 aromatic carbocycles. The second-order valence-electron chi connectivity index (χ2n) is 6.95. The summed E-state index contributed by atoms with van der Waals surface area (Å²) in [5.74, 6) is -1.09. The summed E-state index contributed by atoms with van der Waals surface area (Å²) in [6.45, 7) is 1.37. The summed E-state index contributed by atoms with van der Waals surface area (Å²) in [5.41, 5.74) is 7.84. The van der Waals surface area contributed by atoms with E-state index in [0.717, 1.165) is 18.5 Å². The van der Waals surface area contributed by atoms with Crippen molar-refractivity contribution in [3.63, 3.8) is 0 Å². The van der Waals surface area contributed by atoms with Crippen molar-refractivity contribution in [1.82, 2.24) is 4.57 Å². The van der Waals surface area contributed by atoms with Crippen LogP contribution in [0.2, 0.25) is 0 Å². The zero-order valence-corrected chi connectivity index (χ0v) is 13.8. The topological polar surface area (TPSA) is 109 Å². The van der Waals surface area contributed by atoms with Crippen molar-refractivity contribution in [2.24, 2.45) is 0 Å². The van der Waals surface area contributed by atoms with E-state index in [1.807, 2.05) is 6.07 Å². The van der Waals surface area contributed by atoms with Crippen molar-refractivity contribution in [3.05, 3.63) is 34.1 Å². The molecule has 7 heteroatoms. The quantitative estimate of drug-likeness (QED) is 0.730. The van der Waals surface area contributed by atoms with Crippen molar-refractivity contribution in [3.8, 4) is 0 Å². The van der Waals surface area contributed by atoms with Crippen LogP contribution in [0.25, 0.3) is 10.9 Å². The van der Waals surface area contributed by atoms with Crippen LogP contribution in [0.4, 0.5) is 11.4 Å². The lowest BCUT2D eigenvalue weighted by Crippen LogP contribution is -2.36. The molecule has 132 valence electrons. The van der Waals surface area contributed by atoms with E-state index < -0.39 is 5.97 Å². The van der Waals surface area contributed by atoms with E-state index in [1.165, 1.54) is 6.07 Å².